The molecule has 0 unspecified atom stereocenters. The van der Waals surface area contributed by atoms with Gasteiger partial charge in [-0.15, -0.1) is 0 Å². The van der Waals surface area contributed by atoms with Crippen LogP contribution in [0.3, 0.4) is 0 Å². The number of aliphatic imine (C=N–C) groups is 2. The number of rotatable bonds is 105. The summed E-state index contributed by atoms with van der Waals surface area (Å²) < 4.78 is 52.3. The fraction of sp³-hybridized carbons (Fsp3) is 0.780. The zero-order valence-corrected chi connectivity index (χ0v) is 92.7. The van der Waals surface area contributed by atoms with Gasteiger partial charge in [-0.05, 0) is 94.0 Å². The summed E-state index contributed by atoms with van der Waals surface area (Å²) in [5.74, 6) is 2.02. The van der Waals surface area contributed by atoms with Crippen LogP contribution in [0.4, 0.5) is 0 Å². The van der Waals surface area contributed by atoms with Crippen LogP contribution in [0.1, 0.15) is 620 Å². The molecule has 0 aliphatic carbocycles. The van der Waals surface area contributed by atoms with Gasteiger partial charge in [-0.25, -0.2) is 9.59 Å². The van der Waals surface area contributed by atoms with E-state index >= 15 is 0 Å². The second kappa shape index (κ2) is 94.5. The van der Waals surface area contributed by atoms with Crippen molar-refractivity contribution in [2.45, 2.75) is 594 Å². The van der Waals surface area contributed by atoms with E-state index in [1.807, 2.05) is 6.92 Å². The molecule has 14 heteroatoms. The molecule has 0 saturated carbocycles. The van der Waals surface area contributed by atoms with Crippen molar-refractivity contribution >= 4 is 24.4 Å². The first-order chi connectivity index (χ1) is 69.5. The summed E-state index contributed by atoms with van der Waals surface area (Å²) >= 11 is 0. The molecule has 0 aliphatic rings. The third kappa shape index (κ3) is 70.9. The molecule has 0 amide bonds. The zero-order chi connectivity index (χ0) is 101. The van der Waals surface area contributed by atoms with Gasteiger partial charge in [0.2, 0.25) is 11.5 Å². The molecular weight excluding hydrogens is 1750 g/mol. The van der Waals surface area contributed by atoms with Crippen LogP contribution >= 0.6 is 0 Å². The van der Waals surface area contributed by atoms with Crippen molar-refractivity contribution in [2.24, 2.45) is 9.98 Å². The van der Waals surface area contributed by atoms with Crippen molar-refractivity contribution in [1.29, 1.82) is 0 Å². The molecule has 0 heterocycles. The van der Waals surface area contributed by atoms with E-state index in [2.05, 4.69) is 46.5 Å². The Hall–Kier alpha value is -6.44. The number of unbranched alkanes of at least 4 members (excludes halogenated alkanes) is 78. The Morgan fingerprint density at radius 2 is 0.418 bits per heavy atom. The van der Waals surface area contributed by atoms with Crippen LogP contribution in [0.15, 0.2) is 70.6 Å². The van der Waals surface area contributed by atoms with Crippen molar-refractivity contribution in [3.8, 4) is 57.5 Å². The Morgan fingerprint density at radius 1 is 0.241 bits per heavy atom. The van der Waals surface area contributed by atoms with E-state index in [9.17, 15) is 19.8 Å². The van der Waals surface area contributed by atoms with Crippen molar-refractivity contribution in [3.05, 3.63) is 82.9 Å². The SMILES string of the molecule is CCCCCCCCCCCCCCCCOc1cc(C(=O)Oc2ccc(C=NC[C@H](C)N=Cc3ccc(OC(=O)c4cc(OCCCCCCCCCCCCCCCC)c(OCCCCCCCCCCCCCCCC)c(OCCCCCCCCCCCCCCCC)c4)cc3O)c(O)c2)cc(OCCCCCCCCCCCCCCCC)c1OCCCCCCCCCCCCCCCC. The van der Waals surface area contributed by atoms with Crippen molar-refractivity contribution in [1.82, 2.24) is 0 Å². The second-order valence-corrected chi connectivity index (χ2v) is 42.1. The normalized spacial score (nSPS) is 11.9. The summed E-state index contributed by atoms with van der Waals surface area (Å²) in [6.07, 6.45) is 110. The van der Waals surface area contributed by atoms with Gasteiger partial charge in [-0.1, -0.05) is 542 Å². The monoisotopic (exact) mass is 1960 g/mol. The number of carbonyl (C=O) groups excluding carboxylic acids is 2. The molecule has 0 bridgehead atoms. The molecule has 0 saturated heterocycles. The number of esters is 2. The van der Waals surface area contributed by atoms with Gasteiger partial charge in [0, 0.05) is 35.7 Å². The molecule has 0 aromatic heterocycles. The lowest BCUT2D eigenvalue weighted by molar-refractivity contribution is 0.0723. The molecular formula is C127H218N2O12. The molecule has 4 aromatic rings. The molecule has 141 heavy (non-hydrogen) atoms. The Morgan fingerprint density at radius 3 is 0.610 bits per heavy atom. The fourth-order valence-corrected chi connectivity index (χ4v) is 19.2. The molecule has 4 rings (SSSR count). The topological polar surface area (TPSA) is 173 Å². The largest absolute Gasteiger partial charge is 0.507 e. The summed E-state index contributed by atoms with van der Waals surface area (Å²) in [4.78, 5) is 38.3. The number of carbonyl (C=O) groups is 2. The van der Waals surface area contributed by atoms with Crippen LogP contribution in [0.5, 0.6) is 57.5 Å². The highest BCUT2D eigenvalue weighted by atomic mass is 16.6. The highest BCUT2D eigenvalue weighted by molar-refractivity contribution is 5.94. The molecule has 0 fully saturated rings. The lowest BCUT2D eigenvalue weighted by atomic mass is 10.0. The van der Waals surface area contributed by atoms with Gasteiger partial charge in [0.25, 0.3) is 0 Å². The van der Waals surface area contributed by atoms with E-state index in [1.165, 1.54) is 474 Å². The number of hydrogen-bond donors (Lipinski definition) is 2. The quantitative estimate of drug-likeness (QED) is 0.0186. The Labute approximate surface area is 867 Å². The maximum Gasteiger partial charge on any atom is 0.343 e. The van der Waals surface area contributed by atoms with Crippen LogP contribution in [0.2, 0.25) is 0 Å². The lowest BCUT2D eigenvalue weighted by Crippen LogP contribution is -2.12. The Balaban J connectivity index is 1.48. The molecule has 0 radical (unpaired) electrons. The number of benzene rings is 4. The average Bonchev–Trinajstić information content (AvgIpc) is 0.811. The van der Waals surface area contributed by atoms with E-state index in [0.717, 1.165) is 77.0 Å². The highest BCUT2D eigenvalue weighted by Crippen LogP contribution is 2.43. The number of phenolic OH excluding ortho intramolecular Hbond substituents is 2. The fourth-order valence-electron chi connectivity index (χ4n) is 19.2. The first-order valence-corrected chi connectivity index (χ1v) is 60.8. The zero-order valence-electron chi connectivity index (χ0n) is 92.7. The van der Waals surface area contributed by atoms with Gasteiger partial charge in [-0.3, -0.25) is 9.98 Å². The average molecular weight is 1970 g/mol. The van der Waals surface area contributed by atoms with E-state index in [0.29, 0.717) is 85.3 Å². The maximum absolute atomic E-state index is 14.5. The maximum atomic E-state index is 14.5. The molecule has 2 N–H and O–H groups in total. The van der Waals surface area contributed by atoms with Crippen LogP contribution in [0, 0.1) is 0 Å². The number of phenols is 2. The Bertz CT molecular complexity index is 3460. The number of ether oxygens (including phenoxy) is 8. The van der Waals surface area contributed by atoms with Crippen molar-refractivity contribution < 1.29 is 57.7 Å². The third-order valence-corrected chi connectivity index (χ3v) is 28.5. The molecule has 0 aliphatic heterocycles. The van der Waals surface area contributed by atoms with Gasteiger partial charge >= 0.3 is 11.9 Å². The number of nitrogens with zero attached hydrogens (tertiary/aromatic N) is 2. The standard InChI is InChI=1S/C127H218N2O12/c1-8-14-20-26-32-38-44-50-56-62-68-74-80-86-96-134-120-102-114(103-121(135-97-87-81-75-69-63-57-51-45-39-33-27-21-15-9-2)124(120)138-100-90-84-78-72-66-60-54-48-42-36-30-24-18-12-5)126(132)140-116-94-92-112(118(130)106-116)109-128-108-111(7)129-110-113-93-95-117(107-119(113)131)141-127(133)115-104-122(136-98-88-82-76-70-64-58-52-46-40-34-28-22-16-10-3)125(139-101-91-85-79-73-67-61-55-49-43-37-31-25-19-13-6)123(105-115)137-99-89-83-77-71-65-59-53-47-41-35-29-23-17-11-4/h92-95,102-107,109-111,130-131H,8-91,96-101,108H2,1-7H3/t111-/m0/s1. The molecule has 4 aromatic carbocycles. The smallest absolute Gasteiger partial charge is 0.343 e. The minimum Gasteiger partial charge on any atom is -0.507 e. The molecule has 14 nitrogen and oxygen atoms in total. The number of hydrogen-bond acceptors (Lipinski definition) is 14. The Kier molecular flexibility index (Phi) is 85.1. The summed E-state index contributed by atoms with van der Waals surface area (Å²) in [7, 11) is 0. The van der Waals surface area contributed by atoms with Crippen molar-refractivity contribution in [3.63, 3.8) is 0 Å². The van der Waals surface area contributed by atoms with Crippen LogP contribution in [-0.4, -0.2) is 86.8 Å². The first kappa shape index (κ1) is 127. The van der Waals surface area contributed by atoms with E-state index in [1.54, 1.807) is 61.0 Å². The highest BCUT2D eigenvalue weighted by Gasteiger charge is 2.24. The molecule has 808 valence electrons. The van der Waals surface area contributed by atoms with Gasteiger partial charge in [0.1, 0.15) is 23.0 Å². The first-order valence-electron chi connectivity index (χ1n) is 60.8. The van der Waals surface area contributed by atoms with Gasteiger partial charge in [0.05, 0.1) is 63.4 Å². The van der Waals surface area contributed by atoms with Crippen LogP contribution in [-0.2, 0) is 0 Å². The third-order valence-electron chi connectivity index (χ3n) is 28.5. The lowest BCUT2D eigenvalue weighted by Gasteiger charge is -2.19. The van der Waals surface area contributed by atoms with Gasteiger partial charge < -0.3 is 48.1 Å². The summed E-state index contributed by atoms with van der Waals surface area (Å²) in [6.45, 7) is 18.9. The summed E-state index contributed by atoms with van der Waals surface area (Å²) in [6, 6.07) is 16.3. The van der Waals surface area contributed by atoms with Gasteiger partial charge in [0.15, 0.2) is 23.0 Å². The molecule has 0 spiro atoms. The minimum atomic E-state index is -0.600. The molecule has 1 atom stereocenters. The van der Waals surface area contributed by atoms with Gasteiger partial charge in [-0.2, -0.15) is 0 Å². The van der Waals surface area contributed by atoms with Crippen molar-refractivity contribution in [2.75, 3.05) is 46.2 Å². The minimum absolute atomic E-state index is 0.0995. The predicted molar refractivity (Wildman–Crippen MR) is 603 cm³/mol. The number of aromatic hydroxyl groups is 2. The van der Waals surface area contributed by atoms with Crippen LogP contribution < -0.4 is 37.9 Å². The predicted octanol–water partition coefficient (Wildman–Crippen LogP) is 40.6. The van der Waals surface area contributed by atoms with E-state index < -0.39 is 11.9 Å². The van der Waals surface area contributed by atoms with E-state index in [4.69, 9.17) is 42.9 Å². The van der Waals surface area contributed by atoms with E-state index in [-0.39, 0.29) is 46.7 Å². The van der Waals surface area contributed by atoms with Crippen LogP contribution in [0.25, 0.3) is 0 Å². The summed E-state index contributed by atoms with van der Waals surface area (Å²) in [5, 5.41) is 22.9. The second-order valence-electron chi connectivity index (χ2n) is 42.1. The summed E-state index contributed by atoms with van der Waals surface area (Å²) in [5.41, 5.74) is 1.44.